The van der Waals surface area contributed by atoms with Crippen molar-refractivity contribution in [1.29, 1.82) is 0 Å². The van der Waals surface area contributed by atoms with E-state index in [2.05, 4.69) is 18.5 Å². The second kappa shape index (κ2) is 9.63. The van der Waals surface area contributed by atoms with Gasteiger partial charge in [0, 0.05) is 11.6 Å². The van der Waals surface area contributed by atoms with E-state index in [1.54, 1.807) is 38.5 Å². The minimum absolute atomic E-state index is 1.09. The van der Waals surface area contributed by atoms with Crippen molar-refractivity contribution >= 4 is 17.0 Å². The third-order valence-corrected chi connectivity index (χ3v) is 4.90. The molecule has 0 bridgehead atoms. The highest BCUT2D eigenvalue weighted by atomic mass is 35.5. The van der Waals surface area contributed by atoms with Gasteiger partial charge in [-0.25, -0.2) is 4.79 Å². The molecule has 0 heterocycles. The Bertz CT molecular complexity index is 237. The van der Waals surface area contributed by atoms with Crippen LogP contribution in [0.2, 0.25) is 0 Å². The molecule has 2 aliphatic carbocycles. The highest BCUT2D eigenvalue weighted by Crippen LogP contribution is 2.40. The van der Waals surface area contributed by atoms with E-state index in [1.807, 2.05) is 0 Å². The van der Waals surface area contributed by atoms with Gasteiger partial charge in [0.15, 0.2) is 0 Å². The Kier molecular flexibility index (Phi) is 8.52. The number of carboxylic acid groups (broad SMARTS) is 1. The van der Waals surface area contributed by atoms with Crippen LogP contribution < -0.4 is 0 Å². The minimum Gasteiger partial charge on any atom is -0.469 e. The Morgan fingerprint density at radius 3 is 1.95 bits per heavy atom. The first-order valence-corrected chi connectivity index (χ1v) is 8.39. The summed E-state index contributed by atoms with van der Waals surface area (Å²) in [5.74, 6) is 3.34. The Morgan fingerprint density at radius 1 is 1.00 bits per heavy atom. The molecule has 0 unspecified atom stereocenters. The van der Waals surface area contributed by atoms with Crippen molar-refractivity contribution in [2.45, 2.75) is 77.6 Å². The van der Waals surface area contributed by atoms with Crippen LogP contribution in [0.1, 0.15) is 77.6 Å². The second-order valence-electron chi connectivity index (χ2n) is 6.22. The number of hydrogen-bond donors (Lipinski definition) is 1. The van der Waals surface area contributed by atoms with E-state index >= 15 is 0 Å². The average molecular weight is 289 g/mol. The van der Waals surface area contributed by atoms with Crippen LogP contribution in [0.25, 0.3) is 0 Å². The summed E-state index contributed by atoms with van der Waals surface area (Å²) < 4.78 is 0. The number of carbonyl (C=O) groups is 1. The lowest BCUT2D eigenvalue weighted by molar-refractivity contribution is 0.163. The van der Waals surface area contributed by atoms with Gasteiger partial charge in [0.2, 0.25) is 0 Å². The van der Waals surface area contributed by atoms with Gasteiger partial charge < -0.3 is 5.11 Å². The zero-order chi connectivity index (χ0) is 14.1. The maximum atomic E-state index is 8.77. The van der Waals surface area contributed by atoms with Crippen molar-refractivity contribution in [1.82, 2.24) is 0 Å². The molecule has 2 fully saturated rings. The van der Waals surface area contributed by atoms with Crippen molar-refractivity contribution in [3.8, 4) is 0 Å². The molecule has 2 saturated carbocycles. The molecule has 0 atom stereocenters. The zero-order valence-corrected chi connectivity index (χ0v) is 13.0. The summed E-state index contributed by atoms with van der Waals surface area (Å²) in [5.41, 5.74) is -1.36. The topological polar surface area (TPSA) is 37.3 Å². The first-order valence-electron chi connectivity index (χ1n) is 8.01. The van der Waals surface area contributed by atoms with Crippen molar-refractivity contribution in [2.24, 2.45) is 17.8 Å². The van der Waals surface area contributed by atoms with Gasteiger partial charge in [-0.15, -0.1) is 0 Å². The van der Waals surface area contributed by atoms with Crippen LogP contribution in [0.3, 0.4) is 0 Å². The highest BCUT2D eigenvalue weighted by Gasteiger charge is 2.27. The van der Waals surface area contributed by atoms with E-state index in [9.17, 15) is 0 Å². The Balaban J connectivity index is 0.000000399. The quantitative estimate of drug-likeness (QED) is 0.639. The first-order chi connectivity index (χ1) is 9.13. The van der Waals surface area contributed by atoms with Crippen LogP contribution in [0.15, 0.2) is 0 Å². The largest absolute Gasteiger partial charge is 0.469 e. The lowest BCUT2D eigenvalue weighted by Gasteiger charge is -2.35. The summed E-state index contributed by atoms with van der Waals surface area (Å²) in [5, 5.41) is 7.18. The predicted molar refractivity (Wildman–Crippen MR) is 80.8 cm³/mol. The van der Waals surface area contributed by atoms with Gasteiger partial charge in [-0.1, -0.05) is 64.7 Å². The standard InChI is InChI=1S/C15H28.CHClO2/c1-2-6-13-9-11-15(12-10-13)14-7-4-3-5-8-14;2-1(3)4/h13-15H,2-12H2,1H3;(H,3,4). The highest BCUT2D eigenvalue weighted by molar-refractivity contribution is 6.60. The number of rotatable bonds is 3. The van der Waals surface area contributed by atoms with Gasteiger partial charge in [-0.2, -0.15) is 0 Å². The summed E-state index contributed by atoms with van der Waals surface area (Å²) in [6.45, 7) is 2.34. The molecule has 19 heavy (non-hydrogen) atoms. The number of halogens is 1. The smallest absolute Gasteiger partial charge is 0.401 e. The third kappa shape index (κ3) is 7.20. The predicted octanol–water partition coefficient (Wildman–Crippen LogP) is 6.08. The van der Waals surface area contributed by atoms with Crippen LogP contribution in [0.4, 0.5) is 4.79 Å². The van der Waals surface area contributed by atoms with Crippen molar-refractivity contribution in [3.05, 3.63) is 0 Å². The fraction of sp³-hybridized carbons (Fsp3) is 0.938. The Labute approximate surface area is 122 Å². The summed E-state index contributed by atoms with van der Waals surface area (Å²) in [6.07, 6.45) is 16.8. The SMILES string of the molecule is CCCC1CCC(C2CCCCC2)CC1.O=C(O)Cl. The van der Waals surface area contributed by atoms with E-state index in [4.69, 9.17) is 9.90 Å². The van der Waals surface area contributed by atoms with Gasteiger partial charge in [0.25, 0.3) is 0 Å². The molecule has 2 aliphatic rings. The van der Waals surface area contributed by atoms with Crippen LogP contribution >= 0.6 is 11.6 Å². The van der Waals surface area contributed by atoms with E-state index < -0.39 is 5.43 Å². The van der Waals surface area contributed by atoms with Crippen LogP contribution in [-0.2, 0) is 0 Å². The molecule has 1 N–H and O–H groups in total. The van der Waals surface area contributed by atoms with Gasteiger partial charge in [-0.3, -0.25) is 0 Å². The molecule has 0 amide bonds. The monoisotopic (exact) mass is 288 g/mol. The molecular formula is C16H29ClO2. The molecule has 0 spiro atoms. The Hall–Kier alpha value is -0.240. The van der Waals surface area contributed by atoms with Crippen LogP contribution in [0.5, 0.6) is 0 Å². The van der Waals surface area contributed by atoms with Gasteiger partial charge in [0.1, 0.15) is 0 Å². The van der Waals surface area contributed by atoms with Gasteiger partial charge in [-0.05, 0) is 30.6 Å². The molecule has 0 aromatic carbocycles. The molecule has 0 aromatic heterocycles. The average Bonchev–Trinajstić information content (AvgIpc) is 2.40. The molecule has 112 valence electrons. The molecule has 0 radical (unpaired) electrons. The fourth-order valence-electron chi connectivity index (χ4n) is 3.96. The van der Waals surface area contributed by atoms with E-state index in [0.717, 1.165) is 17.8 Å². The molecule has 0 saturated heterocycles. The molecule has 0 aromatic rings. The summed E-state index contributed by atoms with van der Waals surface area (Å²) in [6, 6.07) is 0. The summed E-state index contributed by atoms with van der Waals surface area (Å²) in [7, 11) is 0. The minimum atomic E-state index is -1.36. The molecular weight excluding hydrogens is 260 g/mol. The Morgan fingerprint density at radius 2 is 1.47 bits per heavy atom. The lowest BCUT2D eigenvalue weighted by atomic mass is 9.70. The molecule has 0 aliphatic heterocycles. The zero-order valence-electron chi connectivity index (χ0n) is 12.2. The van der Waals surface area contributed by atoms with Gasteiger partial charge in [0.05, 0.1) is 0 Å². The molecule has 3 heteroatoms. The van der Waals surface area contributed by atoms with Crippen LogP contribution in [-0.4, -0.2) is 10.5 Å². The number of hydrogen-bond acceptors (Lipinski definition) is 1. The van der Waals surface area contributed by atoms with Gasteiger partial charge >= 0.3 is 5.43 Å². The fourth-order valence-corrected chi connectivity index (χ4v) is 3.96. The first kappa shape index (κ1) is 16.8. The van der Waals surface area contributed by atoms with E-state index in [-0.39, 0.29) is 0 Å². The normalized spacial score (nSPS) is 28.3. The maximum Gasteiger partial charge on any atom is 0.401 e. The molecule has 2 rings (SSSR count). The van der Waals surface area contributed by atoms with Crippen molar-refractivity contribution in [3.63, 3.8) is 0 Å². The molecule has 2 nitrogen and oxygen atoms in total. The van der Waals surface area contributed by atoms with Crippen LogP contribution in [0, 0.1) is 17.8 Å². The van der Waals surface area contributed by atoms with E-state index in [0.29, 0.717) is 0 Å². The summed E-state index contributed by atoms with van der Waals surface area (Å²) >= 11 is 4.19. The third-order valence-electron chi connectivity index (χ3n) is 4.90. The lowest BCUT2D eigenvalue weighted by Crippen LogP contribution is -2.23. The summed E-state index contributed by atoms with van der Waals surface area (Å²) in [4.78, 5) is 8.77. The van der Waals surface area contributed by atoms with E-state index in [1.165, 1.54) is 32.1 Å². The van der Waals surface area contributed by atoms with Crippen molar-refractivity contribution in [2.75, 3.05) is 0 Å². The maximum absolute atomic E-state index is 8.77. The van der Waals surface area contributed by atoms with Crippen molar-refractivity contribution < 1.29 is 9.90 Å². The second-order valence-corrected chi connectivity index (χ2v) is 6.54.